The van der Waals surface area contributed by atoms with Gasteiger partial charge in [-0.05, 0) is 0 Å². The first-order valence-corrected chi connectivity index (χ1v) is 14.3. The van der Waals surface area contributed by atoms with Crippen LogP contribution < -0.4 is 28.3 Å². The Balaban J connectivity index is 1.48. The van der Waals surface area contributed by atoms with Crippen LogP contribution in [0.4, 0.5) is 0 Å². The fourth-order valence-corrected chi connectivity index (χ4v) is 14.0. The van der Waals surface area contributed by atoms with Crippen LogP contribution in [-0.4, -0.2) is 18.0 Å². The van der Waals surface area contributed by atoms with Crippen LogP contribution in [-0.2, 0) is 15.1 Å². The van der Waals surface area contributed by atoms with E-state index < -0.39 is 26.0 Å². The summed E-state index contributed by atoms with van der Waals surface area (Å²) in [6.45, 7) is 2.10. The number of hydrogen-bond acceptors (Lipinski definition) is 5. The van der Waals surface area contributed by atoms with Gasteiger partial charge in [0.05, 0.1) is 0 Å². The van der Waals surface area contributed by atoms with E-state index in [1.807, 2.05) is 12.1 Å². The molecule has 1 unspecified atom stereocenters. The topological polar surface area (TPSA) is 83.3 Å². The van der Waals surface area contributed by atoms with Gasteiger partial charge in [0.15, 0.2) is 0 Å². The number of carbonyl (C=O) groups excluding carboxylic acids is 1. The molecule has 2 N–H and O–H groups in total. The van der Waals surface area contributed by atoms with E-state index in [-0.39, 0.29) is 34.3 Å². The molecule has 0 radical (unpaired) electrons. The van der Waals surface area contributed by atoms with Crippen LogP contribution in [0, 0.1) is 0 Å². The standard InChI is InChI=1S/C16H19I2N2O3/c1-14(17-2,16-18(19-16)20-16)13(21)23-15(7-3-4-8-15)11-9-10-5-6-12(11)22-10/h5-6,9,19-20H,3-4,7-8H2,1-2H3/q-1. The first-order valence-electron chi connectivity index (χ1n) is 7.85. The van der Waals surface area contributed by atoms with Crippen molar-refractivity contribution in [1.82, 2.24) is 7.06 Å². The van der Waals surface area contributed by atoms with Crippen LogP contribution in [0.2, 0.25) is 0 Å². The third kappa shape index (κ3) is 1.93. The van der Waals surface area contributed by atoms with Crippen molar-refractivity contribution in [3.8, 4) is 0 Å². The summed E-state index contributed by atoms with van der Waals surface area (Å²) in [5, 5.41) is 0. The Morgan fingerprint density at radius 1 is 1.39 bits per heavy atom. The van der Waals surface area contributed by atoms with Crippen LogP contribution in [0.15, 0.2) is 22.6 Å². The second-order valence-corrected chi connectivity index (χ2v) is 14.2. The Morgan fingerprint density at radius 2 is 2.09 bits per heavy atom. The summed E-state index contributed by atoms with van der Waals surface area (Å²) in [4.78, 5) is 15.4. The molecule has 7 heteroatoms. The summed E-state index contributed by atoms with van der Waals surface area (Å²) < 4.78 is 18.7. The summed E-state index contributed by atoms with van der Waals surface area (Å²) in [7, 11) is 0. The molecule has 1 aliphatic carbocycles. The zero-order chi connectivity index (χ0) is 15.9. The van der Waals surface area contributed by atoms with Crippen LogP contribution in [0.1, 0.15) is 38.2 Å². The van der Waals surface area contributed by atoms with Crippen LogP contribution in [0.5, 0.6) is 0 Å². The average Bonchev–Trinajstić information content (AvgIpc) is 3.15. The monoisotopic (exact) mass is 541 g/mol. The van der Waals surface area contributed by atoms with Crippen molar-refractivity contribution < 1.29 is 35.2 Å². The van der Waals surface area contributed by atoms with Crippen molar-refractivity contribution in [2.75, 3.05) is 4.93 Å². The van der Waals surface area contributed by atoms with E-state index in [2.05, 4.69) is 25.0 Å². The maximum atomic E-state index is 13.2. The van der Waals surface area contributed by atoms with Gasteiger partial charge in [0.1, 0.15) is 0 Å². The molecule has 5 nitrogen and oxygen atoms in total. The third-order valence-electron chi connectivity index (χ3n) is 5.44. The zero-order valence-corrected chi connectivity index (χ0v) is 17.4. The van der Waals surface area contributed by atoms with Crippen LogP contribution >= 0.6 is 20.4 Å². The van der Waals surface area contributed by atoms with Crippen molar-refractivity contribution in [1.29, 1.82) is 0 Å². The zero-order valence-electron chi connectivity index (χ0n) is 13.0. The number of benzene rings is 1. The molecule has 2 aromatic rings. The fraction of sp³-hybridized carbons (Fsp3) is 0.562. The molecule has 2 aliphatic heterocycles. The molecule has 3 fully saturated rings. The van der Waals surface area contributed by atoms with Crippen LogP contribution in [0.3, 0.4) is 0 Å². The summed E-state index contributed by atoms with van der Waals surface area (Å²) in [5.41, 5.74) is 2.36. The molecule has 5 rings (SSSR count). The normalized spacial score (nSPS) is 27.8. The summed E-state index contributed by atoms with van der Waals surface area (Å²) >= 11 is -1.44. The van der Waals surface area contributed by atoms with Crippen molar-refractivity contribution in [2.24, 2.45) is 0 Å². The van der Waals surface area contributed by atoms with Gasteiger partial charge in [-0.3, -0.25) is 0 Å². The number of hydrogen-bond donors (Lipinski definition) is 2. The van der Waals surface area contributed by atoms with Crippen molar-refractivity contribution in [2.45, 2.75) is 45.3 Å². The molecule has 4 heterocycles. The first-order chi connectivity index (χ1) is 11.0. The number of fused-ring (bicyclic) bond motifs is 3. The molecule has 2 aromatic heterocycles. The predicted octanol–water partition coefficient (Wildman–Crippen LogP) is -0.143. The average molecular weight is 541 g/mol. The Bertz CT molecular complexity index is 779. The van der Waals surface area contributed by atoms with E-state index in [4.69, 9.17) is 9.15 Å². The molecule has 3 aliphatic rings. The Kier molecular flexibility index (Phi) is 3.12. The van der Waals surface area contributed by atoms with E-state index in [0.717, 1.165) is 42.4 Å². The number of carbonyl (C=O) groups is 1. The molecular formula is C16H19I2N2O3-. The minimum absolute atomic E-state index is 0.00902. The predicted molar refractivity (Wildman–Crippen MR) is 91.0 cm³/mol. The van der Waals surface area contributed by atoms with Gasteiger partial charge >= 0.3 is 154 Å². The summed E-state index contributed by atoms with van der Waals surface area (Å²) in [6, 6.07) is 6.04. The molecule has 23 heavy (non-hydrogen) atoms. The first kappa shape index (κ1) is 15.2. The summed E-state index contributed by atoms with van der Waals surface area (Å²) in [5.74, 6) is -0.00902. The third-order valence-corrected chi connectivity index (χ3v) is 14.7. The number of halogens is 2. The van der Waals surface area contributed by atoms with Crippen molar-refractivity contribution in [3.05, 3.63) is 23.8 Å². The quantitative estimate of drug-likeness (QED) is 0.138. The van der Waals surface area contributed by atoms with Gasteiger partial charge in [0.25, 0.3) is 0 Å². The van der Waals surface area contributed by atoms with E-state index in [1.165, 1.54) is 0 Å². The number of nitrogens with one attached hydrogen (secondary N) is 2. The van der Waals surface area contributed by atoms with Gasteiger partial charge in [0, 0.05) is 0 Å². The SMILES string of the molecule is C[I-]C(C)(C(=O)OC1(c2cc3ccc2o3)CCCC1)C12NI1N2. The number of rotatable bonds is 5. The molecular weight excluding hydrogens is 522 g/mol. The number of esters is 1. The molecule has 0 spiro atoms. The Morgan fingerprint density at radius 3 is 2.57 bits per heavy atom. The van der Waals surface area contributed by atoms with Crippen molar-refractivity contribution >= 4 is 37.5 Å². The number of alkyl halides is 3. The second-order valence-electron chi connectivity index (χ2n) is 6.67. The molecule has 0 amide bonds. The number of ether oxygens (including phenoxy) is 1. The van der Waals surface area contributed by atoms with E-state index in [1.54, 1.807) is 0 Å². The molecule has 0 aromatic carbocycles. The van der Waals surface area contributed by atoms with Gasteiger partial charge in [-0.1, -0.05) is 0 Å². The van der Waals surface area contributed by atoms with E-state index in [9.17, 15) is 4.79 Å². The van der Waals surface area contributed by atoms with Crippen LogP contribution in [0.25, 0.3) is 11.2 Å². The maximum absolute atomic E-state index is 13.2. The van der Waals surface area contributed by atoms with Gasteiger partial charge in [-0.2, -0.15) is 0 Å². The van der Waals surface area contributed by atoms with Gasteiger partial charge in [-0.15, -0.1) is 0 Å². The Hall–Kier alpha value is -0.130. The van der Waals surface area contributed by atoms with Gasteiger partial charge in [0.2, 0.25) is 0 Å². The molecule has 1 atom stereocenters. The Labute approximate surface area is 153 Å². The molecule has 1 saturated carbocycles. The van der Waals surface area contributed by atoms with Gasteiger partial charge in [-0.25, -0.2) is 0 Å². The minimum atomic E-state index is -1.17. The second kappa shape index (κ2) is 4.73. The molecule has 2 bridgehead atoms. The van der Waals surface area contributed by atoms with Gasteiger partial charge < -0.3 is 0 Å². The van der Waals surface area contributed by atoms with E-state index >= 15 is 0 Å². The summed E-state index contributed by atoms with van der Waals surface area (Å²) in [6.07, 6.45) is 4.03. The van der Waals surface area contributed by atoms with Crippen molar-refractivity contribution in [3.63, 3.8) is 0 Å². The molecule has 126 valence electrons. The van der Waals surface area contributed by atoms with E-state index in [0.29, 0.717) is 0 Å². The number of furan rings is 2. The fourth-order valence-electron chi connectivity index (χ4n) is 3.72. The molecule has 2 saturated heterocycles.